The number of halogens is 3. The summed E-state index contributed by atoms with van der Waals surface area (Å²) >= 11 is 0. The number of para-hydroxylation sites is 1. The Hall–Kier alpha value is -1.23. The predicted octanol–water partition coefficient (Wildman–Crippen LogP) is 3.16. The van der Waals surface area contributed by atoms with Crippen LogP contribution in [0.25, 0.3) is 0 Å². The molecule has 1 N–H and O–H groups in total. The number of nitrogens with zero attached hydrogens (tertiary/aromatic N) is 1. The first-order chi connectivity index (χ1) is 8.98. The first kappa shape index (κ1) is 14.2. The van der Waals surface area contributed by atoms with E-state index < -0.39 is 12.7 Å². The first-order valence-corrected chi connectivity index (χ1v) is 6.59. The molecule has 1 unspecified atom stereocenters. The Bertz CT molecular complexity index is 417. The van der Waals surface area contributed by atoms with Gasteiger partial charge >= 0.3 is 6.18 Å². The van der Waals surface area contributed by atoms with Crippen molar-refractivity contribution in [3.63, 3.8) is 0 Å². The number of nitrogens with one attached hydrogen (secondary N) is 1. The lowest BCUT2D eigenvalue weighted by Crippen LogP contribution is -2.40. The van der Waals surface area contributed by atoms with Crippen LogP contribution in [0, 0.1) is 5.92 Å². The molecule has 106 valence electrons. The third-order valence-corrected chi connectivity index (χ3v) is 3.47. The number of alkyl halides is 3. The van der Waals surface area contributed by atoms with E-state index in [1.807, 2.05) is 24.3 Å². The topological polar surface area (TPSA) is 15.3 Å². The molecule has 0 aromatic heterocycles. The molecule has 0 saturated carbocycles. The standard InChI is InChI=1S/C14H19F3N2/c1-2-19(10-14(15,16)17)9-11-7-12-5-3-4-6-13(12)18-8-11/h3-6,11,18H,2,7-10H2,1H3. The Morgan fingerprint density at radius 3 is 2.74 bits per heavy atom. The van der Waals surface area contributed by atoms with Gasteiger partial charge in [-0.2, -0.15) is 13.2 Å². The monoisotopic (exact) mass is 272 g/mol. The average molecular weight is 272 g/mol. The number of hydrogen-bond acceptors (Lipinski definition) is 2. The van der Waals surface area contributed by atoms with Gasteiger partial charge in [-0.3, -0.25) is 4.90 Å². The minimum absolute atomic E-state index is 0.234. The van der Waals surface area contributed by atoms with E-state index in [-0.39, 0.29) is 5.92 Å². The quantitative estimate of drug-likeness (QED) is 0.905. The molecule has 19 heavy (non-hydrogen) atoms. The Kier molecular flexibility index (Phi) is 4.34. The van der Waals surface area contributed by atoms with Crippen LogP contribution in [0.2, 0.25) is 0 Å². The minimum atomic E-state index is -4.12. The van der Waals surface area contributed by atoms with Crippen LogP contribution in [0.5, 0.6) is 0 Å². The zero-order valence-corrected chi connectivity index (χ0v) is 11.0. The lowest BCUT2D eigenvalue weighted by atomic mass is 9.93. The zero-order valence-electron chi connectivity index (χ0n) is 11.0. The fourth-order valence-electron chi connectivity index (χ4n) is 2.56. The number of fused-ring (bicyclic) bond motifs is 1. The summed E-state index contributed by atoms with van der Waals surface area (Å²) in [7, 11) is 0. The third-order valence-electron chi connectivity index (χ3n) is 3.47. The fraction of sp³-hybridized carbons (Fsp3) is 0.571. The Morgan fingerprint density at radius 1 is 1.32 bits per heavy atom. The van der Waals surface area contributed by atoms with E-state index in [0.717, 1.165) is 18.7 Å². The second-order valence-electron chi connectivity index (χ2n) is 5.05. The average Bonchev–Trinajstić information content (AvgIpc) is 2.36. The lowest BCUT2D eigenvalue weighted by Gasteiger charge is -2.31. The van der Waals surface area contributed by atoms with Crippen molar-refractivity contribution in [3.05, 3.63) is 29.8 Å². The van der Waals surface area contributed by atoms with Crippen molar-refractivity contribution >= 4 is 5.69 Å². The molecule has 0 bridgehead atoms. The molecule has 1 aromatic carbocycles. The van der Waals surface area contributed by atoms with Crippen LogP contribution in [-0.4, -0.2) is 37.3 Å². The highest BCUT2D eigenvalue weighted by molar-refractivity contribution is 5.53. The van der Waals surface area contributed by atoms with E-state index in [1.54, 1.807) is 6.92 Å². The molecule has 2 nitrogen and oxygen atoms in total. The van der Waals surface area contributed by atoms with Crippen molar-refractivity contribution in [2.75, 3.05) is 31.5 Å². The Balaban J connectivity index is 1.94. The summed E-state index contributed by atoms with van der Waals surface area (Å²) in [5, 5.41) is 3.30. The van der Waals surface area contributed by atoms with Crippen LogP contribution in [0.4, 0.5) is 18.9 Å². The largest absolute Gasteiger partial charge is 0.401 e. The van der Waals surface area contributed by atoms with Gasteiger partial charge in [-0.25, -0.2) is 0 Å². The Labute approximate surface area is 111 Å². The van der Waals surface area contributed by atoms with Crippen LogP contribution < -0.4 is 5.32 Å². The fourth-order valence-corrected chi connectivity index (χ4v) is 2.56. The first-order valence-electron chi connectivity index (χ1n) is 6.59. The summed E-state index contributed by atoms with van der Waals surface area (Å²) in [6.07, 6.45) is -3.27. The summed E-state index contributed by atoms with van der Waals surface area (Å²) in [5.74, 6) is 0.234. The van der Waals surface area contributed by atoms with Gasteiger partial charge in [-0.15, -0.1) is 0 Å². The molecule has 0 spiro atoms. The molecular weight excluding hydrogens is 253 g/mol. The van der Waals surface area contributed by atoms with Gasteiger partial charge in [0.05, 0.1) is 6.54 Å². The van der Waals surface area contributed by atoms with Crippen molar-refractivity contribution in [1.82, 2.24) is 4.90 Å². The SMILES string of the molecule is CCN(CC1CNc2ccccc2C1)CC(F)(F)F. The maximum Gasteiger partial charge on any atom is 0.401 e. The molecule has 0 fully saturated rings. The van der Waals surface area contributed by atoms with Gasteiger partial charge in [0.2, 0.25) is 0 Å². The van der Waals surface area contributed by atoms with E-state index >= 15 is 0 Å². The Morgan fingerprint density at radius 2 is 2.05 bits per heavy atom. The van der Waals surface area contributed by atoms with Gasteiger partial charge in [0.25, 0.3) is 0 Å². The molecule has 1 aliphatic rings. The summed E-state index contributed by atoms with van der Waals surface area (Å²) in [5.41, 5.74) is 2.31. The zero-order chi connectivity index (χ0) is 13.9. The molecule has 1 aromatic rings. The van der Waals surface area contributed by atoms with E-state index in [2.05, 4.69) is 5.32 Å². The van der Waals surface area contributed by atoms with Gasteiger partial charge in [-0.1, -0.05) is 25.1 Å². The molecule has 1 atom stereocenters. The van der Waals surface area contributed by atoms with Gasteiger partial charge in [-0.05, 0) is 30.5 Å². The van der Waals surface area contributed by atoms with Crippen LogP contribution in [0.3, 0.4) is 0 Å². The highest BCUT2D eigenvalue weighted by atomic mass is 19.4. The summed E-state index contributed by atoms with van der Waals surface area (Å²) in [4.78, 5) is 1.47. The molecule has 0 radical (unpaired) electrons. The summed E-state index contributed by atoms with van der Waals surface area (Å²) in [6, 6.07) is 7.98. The molecular formula is C14H19F3N2. The third kappa shape index (κ3) is 4.13. The van der Waals surface area contributed by atoms with Crippen molar-refractivity contribution in [2.24, 2.45) is 5.92 Å². The maximum atomic E-state index is 12.4. The number of benzene rings is 1. The normalized spacial score (nSPS) is 19.1. The van der Waals surface area contributed by atoms with E-state index in [4.69, 9.17) is 0 Å². The van der Waals surface area contributed by atoms with Crippen LogP contribution in [-0.2, 0) is 6.42 Å². The van der Waals surface area contributed by atoms with Crippen molar-refractivity contribution < 1.29 is 13.2 Å². The molecule has 0 aliphatic carbocycles. The molecule has 5 heteroatoms. The number of hydrogen-bond donors (Lipinski definition) is 1. The second-order valence-corrected chi connectivity index (χ2v) is 5.05. The second kappa shape index (κ2) is 5.82. The van der Waals surface area contributed by atoms with Crippen LogP contribution >= 0.6 is 0 Å². The van der Waals surface area contributed by atoms with Crippen molar-refractivity contribution in [3.8, 4) is 0 Å². The van der Waals surface area contributed by atoms with E-state index in [9.17, 15) is 13.2 Å². The molecule has 0 saturated heterocycles. The van der Waals surface area contributed by atoms with Crippen LogP contribution in [0.15, 0.2) is 24.3 Å². The maximum absolute atomic E-state index is 12.4. The van der Waals surface area contributed by atoms with E-state index in [1.165, 1.54) is 10.5 Å². The van der Waals surface area contributed by atoms with Crippen molar-refractivity contribution in [2.45, 2.75) is 19.5 Å². The summed E-state index contributed by atoms with van der Waals surface area (Å²) in [6.45, 7) is 2.61. The molecule has 1 heterocycles. The van der Waals surface area contributed by atoms with Gasteiger partial charge in [0.1, 0.15) is 0 Å². The lowest BCUT2D eigenvalue weighted by molar-refractivity contribution is -0.146. The minimum Gasteiger partial charge on any atom is -0.384 e. The van der Waals surface area contributed by atoms with Gasteiger partial charge in [0, 0.05) is 18.8 Å². The predicted molar refractivity (Wildman–Crippen MR) is 70.3 cm³/mol. The van der Waals surface area contributed by atoms with E-state index in [0.29, 0.717) is 13.1 Å². The molecule has 1 aliphatic heterocycles. The number of anilines is 1. The molecule has 2 rings (SSSR count). The smallest absolute Gasteiger partial charge is 0.384 e. The van der Waals surface area contributed by atoms with Gasteiger partial charge in [0.15, 0.2) is 0 Å². The highest BCUT2D eigenvalue weighted by Crippen LogP contribution is 2.25. The van der Waals surface area contributed by atoms with Crippen molar-refractivity contribution in [1.29, 1.82) is 0 Å². The highest BCUT2D eigenvalue weighted by Gasteiger charge is 2.31. The molecule has 0 amide bonds. The van der Waals surface area contributed by atoms with Crippen LogP contribution in [0.1, 0.15) is 12.5 Å². The summed E-state index contributed by atoms with van der Waals surface area (Å²) < 4.78 is 37.3. The van der Waals surface area contributed by atoms with Gasteiger partial charge < -0.3 is 5.32 Å². The number of rotatable bonds is 4.